The summed E-state index contributed by atoms with van der Waals surface area (Å²) in [5.41, 5.74) is 1.87. The molecular formula is C28H31N3O3. The number of ether oxygens (including phenoxy) is 1. The molecule has 0 saturated carbocycles. The molecule has 1 unspecified atom stereocenters. The zero-order chi connectivity index (χ0) is 23.5. The zero-order valence-electron chi connectivity index (χ0n) is 19.7. The monoisotopic (exact) mass is 457 g/mol. The Morgan fingerprint density at radius 1 is 0.794 bits per heavy atom. The number of anilines is 1. The first-order valence-electron chi connectivity index (χ1n) is 12.1. The van der Waals surface area contributed by atoms with Gasteiger partial charge >= 0.3 is 0 Å². The van der Waals surface area contributed by atoms with Crippen LogP contribution in [0.15, 0.2) is 66.7 Å². The van der Waals surface area contributed by atoms with Crippen LogP contribution in [0, 0.1) is 5.92 Å². The van der Waals surface area contributed by atoms with E-state index >= 15 is 0 Å². The fourth-order valence-electron chi connectivity index (χ4n) is 5.25. The van der Waals surface area contributed by atoms with Gasteiger partial charge in [-0.25, -0.2) is 0 Å². The Bertz CT molecular complexity index is 1170. The molecular weight excluding hydrogens is 426 g/mol. The number of nitrogens with zero attached hydrogens (tertiary/aromatic N) is 3. The number of fused-ring (bicyclic) bond motifs is 1. The summed E-state index contributed by atoms with van der Waals surface area (Å²) >= 11 is 0. The summed E-state index contributed by atoms with van der Waals surface area (Å²) < 4.78 is 5.48. The number of likely N-dealkylation sites (tertiary alicyclic amines) is 1. The quantitative estimate of drug-likeness (QED) is 0.593. The van der Waals surface area contributed by atoms with E-state index in [4.69, 9.17) is 4.74 Å². The van der Waals surface area contributed by atoms with Crippen LogP contribution in [0.25, 0.3) is 10.8 Å². The molecule has 0 aliphatic carbocycles. The average molecular weight is 458 g/mol. The first-order valence-corrected chi connectivity index (χ1v) is 12.1. The van der Waals surface area contributed by atoms with Crippen LogP contribution >= 0.6 is 0 Å². The van der Waals surface area contributed by atoms with Crippen LogP contribution in [-0.4, -0.2) is 68.0 Å². The van der Waals surface area contributed by atoms with Crippen molar-refractivity contribution in [2.75, 3.05) is 51.3 Å². The van der Waals surface area contributed by atoms with E-state index in [0.29, 0.717) is 18.7 Å². The van der Waals surface area contributed by atoms with E-state index in [-0.39, 0.29) is 17.7 Å². The molecule has 0 radical (unpaired) electrons. The maximum atomic E-state index is 13.5. The molecule has 3 aromatic carbocycles. The molecule has 2 amide bonds. The molecule has 6 heteroatoms. The summed E-state index contributed by atoms with van der Waals surface area (Å²) in [4.78, 5) is 33.0. The van der Waals surface area contributed by atoms with Gasteiger partial charge in [0.25, 0.3) is 5.91 Å². The van der Waals surface area contributed by atoms with E-state index in [1.54, 1.807) is 7.11 Å². The highest BCUT2D eigenvalue weighted by Crippen LogP contribution is 2.30. The summed E-state index contributed by atoms with van der Waals surface area (Å²) in [6.07, 6.45) is 1.69. The lowest BCUT2D eigenvalue weighted by molar-refractivity contribution is -0.137. The fraction of sp³-hybridized carbons (Fsp3) is 0.357. The molecule has 0 bridgehead atoms. The van der Waals surface area contributed by atoms with Gasteiger partial charge in [0.2, 0.25) is 5.91 Å². The van der Waals surface area contributed by atoms with Crippen molar-refractivity contribution in [1.82, 2.24) is 9.80 Å². The van der Waals surface area contributed by atoms with Crippen molar-refractivity contribution in [1.29, 1.82) is 0 Å². The fourth-order valence-corrected chi connectivity index (χ4v) is 5.25. The number of carbonyl (C=O) groups excluding carboxylic acids is 2. The highest BCUT2D eigenvalue weighted by molar-refractivity contribution is 6.08. The Morgan fingerprint density at radius 2 is 1.50 bits per heavy atom. The van der Waals surface area contributed by atoms with Gasteiger partial charge in [-0.05, 0) is 42.5 Å². The molecule has 0 N–H and O–H groups in total. The predicted molar refractivity (Wildman–Crippen MR) is 134 cm³/mol. The first kappa shape index (κ1) is 22.3. The largest absolute Gasteiger partial charge is 0.496 e. The maximum Gasteiger partial charge on any atom is 0.254 e. The lowest BCUT2D eigenvalue weighted by Crippen LogP contribution is -2.53. The van der Waals surface area contributed by atoms with Gasteiger partial charge in [0, 0.05) is 55.9 Å². The normalized spacial score (nSPS) is 18.7. The Hall–Kier alpha value is -3.54. The van der Waals surface area contributed by atoms with Crippen molar-refractivity contribution in [3.8, 4) is 5.75 Å². The summed E-state index contributed by atoms with van der Waals surface area (Å²) in [7, 11) is 1.64. The number of para-hydroxylation sites is 1. The Morgan fingerprint density at radius 3 is 2.24 bits per heavy atom. The lowest BCUT2D eigenvalue weighted by atomic mass is 9.94. The number of amides is 2. The number of hydrogen-bond acceptors (Lipinski definition) is 4. The highest BCUT2D eigenvalue weighted by atomic mass is 16.5. The minimum atomic E-state index is -0.134. The van der Waals surface area contributed by atoms with Crippen LogP contribution in [-0.2, 0) is 4.79 Å². The van der Waals surface area contributed by atoms with E-state index in [1.165, 1.54) is 5.69 Å². The summed E-state index contributed by atoms with van der Waals surface area (Å²) in [5, 5.41) is 1.81. The van der Waals surface area contributed by atoms with Gasteiger partial charge in [-0.2, -0.15) is 0 Å². The third-order valence-electron chi connectivity index (χ3n) is 7.10. The van der Waals surface area contributed by atoms with Crippen molar-refractivity contribution >= 4 is 28.3 Å². The van der Waals surface area contributed by atoms with E-state index in [1.807, 2.05) is 64.4 Å². The Kier molecular flexibility index (Phi) is 6.39. The number of benzene rings is 3. The molecule has 3 aromatic rings. The van der Waals surface area contributed by atoms with Gasteiger partial charge in [0.15, 0.2) is 0 Å². The van der Waals surface area contributed by atoms with Gasteiger partial charge < -0.3 is 19.4 Å². The van der Waals surface area contributed by atoms with E-state index in [9.17, 15) is 9.59 Å². The molecule has 176 valence electrons. The molecule has 5 rings (SSSR count). The van der Waals surface area contributed by atoms with E-state index in [2.05, 4.69) is 17.0 Å². The topological polar surface area (TPSA) is 53.1 Å². The molecule has 6 nitrogen and oxygen atoms in total. The molecule has 1 atom stereocenters. The second kappa shape index (κ2) is 9.75. The number of carbonyl (C=O) groups is 2. The van der Waals surface area contributed by atoms with Crippen molar-refractivity contribution < 1.29 is 14.3 Å². The summed E-state index contributed by atoms with van der Waals surface area (Å²) in [5.74, 6) is 0.800. The predicted octanol–water partition coefficient (Wildman–Crippen LogP) is 4.05. The maximum absolute atomic E-state index is 13.5. The standard InChI is InChI=1S/C28H31N3O3/c1-34-26-14-13-25(23-11-5-6-12-24(23)26)28(33)31-15-7-8-21(20-31)27(32)30-18-16-29(17-19-30)22-9-3-2-4-10-22/h2-6,9-14,21H,7-8,15-20H2,1H3. The molecule has 2 aliphatic rings. The Labute approximate surface area is 200 Å². The molecule has 0 spiro atoms. The van der Waals surface area contributed by atoms with Crippen LogP contribution in [0.3, 0.4) is 0 Å². The minimum absolute atomic E-state index is 0.00903. The third kappa shape index (κ3) is 4.32. The van der Waals surface area contributed by atoms with Crippen LogP contribution < -0.4 is 9.64 Å². The number of piperazine rings is 1. The molecule has 2 aliphatic heterocycles. The second-order valence-electron chi connectivity index (χ2n) is 9.10. The van der Waals surface area contributed by atoms with Crippen LogP contribution in [0.4, 0.5) is 5.69 Å². The van der Waals surface area contributed by atoms with Crippen molar-refractivity contribution in [2.24, 2.45) is 5.92 Å². The minimum Gasteiger partial charge on any atom is -0.496 e. The van der Waals surface area contributed by atoms with Gasteiger partial charge in [0.05, 0.1) is 13.0 Å². The van der Waals surface area contributed by atoms with Crippen LogP contribution in [0.5, 0.6) is 5.75 Å². The molecule has 2 heterocycles. The smallest absolute Gasteiger partial charge is 0.254 e. The Balaban J connectivity index is 1.26. The second-order valence-corrected chi connectivity index (χ2v) is 9.10. The third-order valence-corrected chi connectivity index (χ3v) is 7.10. The van der Waals surface area contributed by atoms with E-state index in [0.717, 1.165) is 55.5 Å². The van der Waals surface area contributed by atoms with Gasteiger partial charge in [-0.1, -0.05) is 42.5 Å². The lowest BCUT2D eigenvalue weighted by Gasteiger charge is -2.39. The number of methoxy groups -OCH3 is 1. The van der Waals surface area contributed by atoms with Gasteiger partial charge in [0.1, 0.15) is 5.75 Å². The summed E-state index contributed by atoms with van der Waals surface area (Å²) in [6.45, 7) is 4.29. The van der Waals surface area contributed by atoms with Crippen molar-refractivity contribution in [2.45, 2.75) is 12.8 Å². The SMILES string of the molecule is COc1ccc(C(=O)N2CCCC(C(=O)N3CCN(c4ccccc4)CC3)C2)c2ccccc12. The number of piperidine rings is 1. The van der Waals surface area contributed by atoms with Gasteiger partial charge in [-0.15, -0.1) is 0 Å². The average Bonchev–Trinajstić information content (AvgIpc) is 2.92. The molecule has 2 saturated heterocycles. The van der Waals surface area contributed by atoms with Crippen molar-refractivity contribution in [3.05, 3.63) is 72.3 Å². The molecule has 0 aromatic heterocycles. The number of hydrogen-bond donors (Lipinski definition) is 0. The molecule has 2 fully saturated rings. The van der Waals surface area contributed by atoms with Crippen LogP contribution in [0.1, 0.15) is 23.2 Å². The summed E-state index contributed by atoms with van der Waals surface area (Å²) in [6, 6.07) is 21.9. The molecule has 34 heavy (non-hydrogen) atoms. The van der Waals surface area contributed by atoms with Gasteiger partial charge in [-0.3, -0.25) is 9.59 Å². The highest BCUT2D eigenvalue weighted by Gasteiger charge is 2.33. The van der Waals surface area contributed by atoms with E-state index < -0.39 is 0 Å². The number of rotatable bonds is 4. The van der Waals surface area contributed by atoms with Crippen molar-refractivity contribution in [3.63, 3.8) is 0 Å². The van der Waals surface area contributed by atoms with Crippen LogP contribution in [0.2, 0.25) is 0 Å². The zero-order valence-corrected chi connectivity index (χ0v) is 19.7. The first-order chi connectivity index (χ1) is 16.7.